The van der Waals surface area contributed by atoms with Gasteiger partial charge in [-0.15, -0.1) is 0 Å². The summed E-state index contributed by atoms with van der Waals surface area (Å²) >= 11 is 0. The van der Waals surface area contributed by atoms with Crippen LogP contribution in [0.5, 0.6) is 0 Å². The summed E-state index contributed by atoms with van der Waals surface area (Å²) in [5.41, 5.74) is 1.43. The number of nitrogens with zero attached hydrogens (tertiary/aromatic N) is 2. The Hall–Kier alpha value is -1.56. The SMILES string of the molecule is CCNC(=NCC(=O)N1CCCC1)NCCC1=CCOCC1. The number of guanidine groups is 1. The van der Waals surface area contributed by atoms with Crippen molar-refractivity contribution in [3.63, 3.8) is 0 Å². The lowest BCUT2D eigenvalue weighted by Gasteiger charge is -2.16. The fourth-order valence-corrected chi connectivity index (χ4v) is 2.69. The zero-order valence-electron chi connectivity index (χ0n) is 13.6. The first kappa shape index (κ1) is 16.8. The van der Waals surface area contributed by atoms with Gasteiger partial charge >= 0.3 is 0 Å². The highest BCUT2D eigenvalue weighted by Crippen LogP contribution is 2.10. The molecule has 2 aliphatic heterocycles. The Balaban J connectivity index is 1.74. The van der Waals surface area contributed by atoms with Crippen molar-refractivity contribution in [3.8, 4) is 0 Å². The third-order valence-electron chi connectivity index (χ3n) is 3.97. The van der Waals surface area contributed by atoms with E-state index in [0.717, 1.165) is 71.0 Å². The molecule has 2 N–H and O–H groups in total. The molecule has 2 aliphatic rings. The molecule has 1 fully saturated rings. The molecule has 0 saturated carbocycles. The number of hydrogen-bond donors (Lipinski definition) is 2. The van der Waals surface area contributed by atoms with Crippen LogP contribution in [0.2, 0.25) is 0 Å². The Morgan fingerprint density at radius 3 is 2.86 bits per heavy atom. The molecule has 0 bridgehead atoms. The van der Waals surface area contributed by atoms with Gasteiger partial charge in [0.2, 0.25) is 5.91 Å². The molecule has 1 saturated heterocycles. The normalized spacial score (nSPS) is 19.0. The molecule has 2 heterocycles. The first-order chi connectivity index (χ1) is 10.8. The number of carbonyl (C=O) groups is 1. The van der Waals surface area contributed by atoms with Gasteiger partial charge in [-0.05, 0) is 32.6 Å². The first-order valence-electron chi connectivity index (χ1n) is 8.35. The summed E-state index contributed by atoms with van der Waals surface area (Å²) in [7, 11) is 0. The number of aliphatic imine (C=N–C) groups is 1. The minimum absolute atomic E-state index is 0.127. The van der Waals surface area contributed by atoms with E-state index < -0.39 is 0 Å². The lowest BCUT2D eigenvalue weighted by Crippen LogP contribution is -2.39. The molecule has 1 amide bonds. The Morgan fingerprint density at radius 1 is 1.36 bits per heavy atom. The minimum atomic E-state index is 0.127. The quantitative estimate of drug-likeness (QED) is 0.435. The second-order valence-electron chi connectivity index (χ2n) is 5.65. The highest BCUT2D eigenvalue weighted by atomic mass is 16.5. The molecule has 6 heteroatoms. The smallest absolute Gasteiger partial charge is 0.244 e. The van der Waals surface area contributed by atoms with E-state index in [4.69, 9.17) is 4.74 Å². The van der Waals surface area contributed by atoms with Crippen LogP contribution in [0.4, 0.5) is 0 Å². The lowest BCUT2D eigenvalue weighted by molar-refractivity contribution is -0.128. The molecule has 22 heavy (non-hydrogen) atoms. The lowest BCUT2D eigenvalue weighted by atomic mass is 10.1. The first-order valence-corrected chi connectivity index (χ1v) is 8.35. The Labute approximate surface area is 133 Å². The fourth-order valence-electron chi connectivity index (χ4n) is 2.69. The van der Waals surface area contributed by atoms with Gasteiger partial charge in [0.25, 0.3) is 0 Å². The van der Waals surface area contributed by atoms with Crippen molar-refractivity contribution in [2.45, 2.75) is 32.6 Å². The van der Waals surface area contributed by atoms with E-state index >= 15 is 0 Å². The molecular weight excluding hydrogens is 280 g/mol. The van der Waals surface area contributed by atoms with Gasteiger partial charge in [-0.3, -0.25) is 4.79 Å². The van der Waals surface area contributed by atoms with Gasteiger partial charge in [-0.25, -0.2) is 4.99 Å². The summed E-state index contributed by atoms with van der Waals surface area (Å²) < 4.78 is 5.30. The summed E-state index contributed by atoms with van der Waals surface area (Å²) in [5.74, 6) is 0.851. The summed E-state index contributed by atoms with van der Waals surface area (Å²) in [4.78, 5) is 18.3. The predicted octanol–water partition coefficient (Wildman–Crippen LogP) is 0.901. The molecular formula is C16H28N4O2. The largest absolute Gasteiger partial charge is 0.377 e. The van der Waals surface area contributed by atoms with Crippen LogP contribution in [0.1, 0.15) is 32.6 Å². The average molecular weight is 308 g/mol. The van der Waals surface area contributed by atoms with E-state index in [1.54, 1.807) is 0 Å². The zero-order valence-corrected chi connectivity index (χ0v) is 13.6. The zero-order chi connectivity index (χ0) is 15.6. The highest BCUT2D eigenvalue weighted by molar-refractivity contribution is 5.85. The summed E-state index contributed by atoms with van der Waals surface area (Å²) in [6.07, 6.45) is 6.40. The van der Waals surface area contributed by atoms with Crippen LogP contribution in [0.15, 0.2) is 16.6 Å². The van der Waals surface area contributed by atoms with Crippen LogP contribution in [0, 0.1) is 0 Å². The van der Waals surface area contributed by atoms with Gasteiger partial charge in [0.05, 0.1) is 13.2 Å². The topological polar surface area (TPSA) is 66.0 Å². The van der Waals surface area contributed by atoms with Crippen molar-refractivity contribution < 1.29 is 9.53 Å². The highest BCUT2D eigenvalue weighted by Gasteiger charge is 2.17. The van der Waals surface area contributed by atoms with Crippen LogP contribution in [0.3, 0.4) is 0 Å². The van der Waals surface area contributed by atoms with Crippen LogP contribution >= 0.6 is 0 Å². The summed E-state index contributed by atoms with van der Waals surface area (Å²) in [6, 6.07) is 0. The van der Waals surface area contributed by atoms with E-state index in [0.29, 0.717) is 0 Å². The number of ether oxygens (including phenoxy) is 1. The summed E-state index contributed by atoms with van der Waals surface area (Å²) in [5, 5.41) is 6.49. The van der Waals surface area contributed by atoms with Crippen molar-refractivity contribution >= 4 is 11.9 Å². The van der Waals surface area contributed by atoms with Crippen LogP contribution in [-0.4, -0.2) is 62.7 Å². The van der Waals surface area contributed by atoms with Gasteiger partial charge in [-0.1, -0.05) is 11.6 Å². The predicted molar refractivity (Wildman–Crippen MR) is 87.9 cm³/mol. The molecule has 0 aromatic heterocycles. The molecule has 0 aromatic carbocycles. The van der Waals surface area contributed by atoms with Gasteiger partial charge in [0, 0.05) is 26.2 Å². The molecule has 2 rings (SSSR count). The third kappa shape index (κ3) is 5.67. The Kier molecular flexibility index (Phi) is 7.22. The number of likely N-dealkylation sites (tertiary alicyclic amines) is 1. The van der Waals surface area contributed by atoms with Crippen LogP contribution in [-0.2, 0) is 9.53 Å². The standard InChI is InChI=1S/C16H28N4O2/c1-2-17-16(18-8-5-14-6-11-22-12-7-14)19-13-15(21)20-9-3-4-10-20/h6H,2-5,7-13H2,1H3,(H2,17,18,19). The van der Waals surface area contributed by atoms with Gasteiger partial charge in [-0.2, -0.15) is 0 Å². The van der Waals surface area contributed by atoms with Gasteiger partial charge in [0.1, 0.15) is 6.54 Å². The van der Waals surface area contributed by atoms with Gasteiger partial charge < -0.3 is 20.3 Å². The maximum Gasteiger partial charge on any atom is 0.244 e. The van der Waals surface area contributed by atoms with Crippen molar-refractivity contribution in [1.82, 2.24) is 15.5 Å². The molecule has 0 aromatic rings. The van der Waals surface area contributed by atoms with Crippen molar-refractivity contribution in [2.24, 2.45) is 4.99 Å². The van der Waals surface area contributed by atoms with Crippen molar-refractivity contribution in [1.29, 1.82) is 0 Å². The van der Waals surface area contributed by atoms with Gasteiger partial charge in [0.15, 0.2) is 5.96 Å². The fraction of sp³-hybridized carbons (Fsp3) is 0.750. The van der Waals surface area contributed by atoms with E-state index in [1.807, 2.05) is 11.8 Å². The number of carbonyl (C=O) groups excluding carboxylic acids is 1. The number of nitrogens with one attached hydrogen (secondary N) is 2. The minimum Gasteiger partial charge on any atom is -0.377 e. The molecule has 124 valence electrons. The van der Waals surface area contributed by atoms with Crippen LogP contribution < -0.4 is 10.6 Å². The number of rotatable bonds is 6. The molecule has 0 aliphatic carbocycles. The monoisotopic (exact) mass is 308 g/mol. The van der Waals surface area contributed by atoms with E-state index in [2.05, 4.69) is 21.7 Å². The molecule has 0 unspecified atom stereocenters. The van der Waals surface area contributed by atoms with Crippen molar-refractivity contribution in [2.75, 3.05) is 45.9 Å². The second kappa shape index (κ2) is 9.46. The number of hydrogen-bond acceptors (Lipinski definition) is 3. The van der Waals surface area contributed by atoms with E-state index in [-0.39, 0.29) is 12.5 Å². The number of amides is 1. The summed E-state index contributed by atoms with van der Waals surface area (Å²) in [6.45, 7) is 7.20. The average Bonchev–Trinajstić information content (AvgIpc) is 3.08. The third-order valence-corrected chi connectivity index (χ3v) is 3.97. The molecule has 0 radical (unpaired) electrons. The van der Waals surface area contributed by atoms with Crippen LogP contribution in [0.25, 0.3) is 0 Å². The maximum absolute atomic E-state index is 12.0. The van der Waals surface area contributed by atoms with Crippen molar-refractivity contribution in [3.05, 3.63) is 11.6 Å². The van der Waals surface area contributed by atoms with E-state index in [1.165, 1.54) is 5.57 Å². The Bertz CT molecular complexity index is 414. The molecule has 0 spiro atoms. The Morgan fingerprint density at radius 2 is 2.18 bits per heavy atom. The van der Waals surface area contributed by atoms with E-state index in [9.17, 15) is 4.79 Å². The molecule has 0 atom stereocenters. The second-order valence-corrected chi connectivity index (χ2v) is 5.65. The maximum atomic E-state index is 12.0. The molecule has 6 nitrogen and oxygen atoms in total.